The molecule has 0 unspecified atom stereocenters. The molecule has 0 bridgehead atoms. The fourth-order valence-electron chi connectivity index (χ4n) is 1.99. The second kappa shape index (κ2) is 6.17. The van der Waals surface area contributed by atoms with E-state index < -0.39 is 12.0 Å². The van der Waals surface area contributed by atoms with Crippen LogP contribution in [0, 0.1) is 11.2 Å². The minimum atomic E-state index is -0.511. The predicted molar refractivity (Wildman–Crippen MR) is 74.0 cm³/mol. The molecule has 0 aliphatic carbocycles. The zero-order valence-corrected chi connectivity index (χ0v) is 11.4. The van der Waals surface area contributed by atoms with Crippen molar-refractivity contribution in [1.82, 2.24) is 5.32 Å². The Kier molecular flexibility index (Phi) is 4.86. The maximum Gasteiger partial charge on any atom is 0.328 e. The number of guanidine groups is 1. The lowest BCUT2D eigenvalue weighted by Gasteiger charge is -2.23. The third kappa shape index (κ3) is 3.43. The summed E-state index contributed by atoms with van der Waals surface area (Å²) in [5.41, 5.74) is 7.31. The molecule has 0 radical (unpaired) electrons. The zero-order chi connectivity index (χ0) is 14.6. The van der Waals surface area contributed by atoms with E-state index in [0.29, 0.717) is 18.5 Å². The van der Waals surface area contributed by atoms with Gasteiger partial charge in [-0.05, 0) is 36.1 Å². The topological polar surface area (TPSA) is 82.2 Å². The molecule has 0 fully saturated rings. The minimum absolute atomic E-state index is 0.308. The number of anilines is 1. The molecule has 5 nitrogen and oxygen atoms in total. The van der Waals surface area contributed by atoms with Crippen LogP contribution >= 0.6 is 0 Å². The number of nitrogens with one attached hydrogen (secondary N) is 2. The first-order valence-electron chi connectivity index (χ1n) is 6.10. The maximum absolute atomic E-state index is 13.5. The average molecular weight is 266 g/mol. The number of nitrogens with two attached hydrogens (primary N) is 1. The van der Waals surface area contributed by atoms with Gasteiger partial charge in [0.1, 0.15) is 5.82 Å². The van der Waals surface area contributed by atoms with Crippen molar-refractivity contribution in [3.8, 4) is 0 Å². The SMILES string of the molecule is CCc1cc(F)cc(CC)c1N(C)C(=O)NC(=N)N. The number of rotatable bonds is 3. The number of carbonyl (C=O) groups is 1. The number of benzene rings is 1. The van der Waals surface area contributed by atoms with Gasteiger partial charge in [-0.2, -0.15) is 0 Å². The molecule has 4 N–H and O–H groups in total. The summed E-state index contributed by atoms with van der Waals surface area (Å²) in [5, 5.41) is 9.28. The Bertz CT molecular complexity index is 476. The van der Waals surface area contributed by atoms with Gasteiger partial charge in [-0.3, -0.25) is 15.6 Å². The second-order valence-electron chi connectivity index (χ2n) is 4.18. The molecule has 0 aliphatic rings. The van der Waals surface area contributed by atoms with Crippen LogP contribution in [-0.4, -0.2) is 19.0 Å². The summed E-state index contributed by atoms with van der Waals surface area (Å²) in [5.74, 6) is -0.729. The highest BCUT2D eigenvalue weighted by Crippen LogP contribution is 2.27. The van der Waals surface area contributed by atoms with Crippen LogP contribution in [-0.2, 0) is 12.8 Å². The van der Waals surface area contributed by atoms with Crippen molar-refractivity contribution in [2.24, 2.45) is 5.73 Å². The Hall–Kier alpha value is -2.11. The number of amides is 2. The molecule has 0 saturated carbocycles. The van der Waals surface area contributed by atoms with Crippen LogP contribution in [0.1, 0.15) is 25.0 Å². The lowest BCUT2D eigenvalue weighted by atomic mass is 10.0. The quantitative estimate of drug-likeness (QED) is 0.577. The Morgan fingerprint density at radius 3 is 2.21 bits per heavy atom. The molecule has 6 heteroatoms. The van der Waals surface area contributed by atoms with E-state index >= 15 is 0 Å². The second-order valence-corrected chi connectivity index (χ2v) is 4.18. The fourth-order valence-corrected chi connectivity index (χ4v) is 1.99. The van der Waals surface area contributed by atoms with E-state index in [2.05, 4.69) is 5.32 Å². The van der Waals surface area contributed by atoms with Crippen LogP contribution in [0.25, 0.3) is 0 Å². The van der Waals surface area contributed by atoms with Crippen molar-refractivity contribution in [3.63, 3.8) is 0 Å². The van der Waals surface area contributed by atoms with Gasteiger partial charge in [0.05, 0.1) is 5.69 Å². The highest BCUT2D eigenvalue weighted by molar-refractivity contribution is 6.02. The molecule has 2 amide bonds. The molecule has 104 valence electrons. The van der Waals surface area contributed by atoms with Crippen LogP contribution in [0.15, 0.2) is 12.1 Å². The zero-order valence-electron chi connectivity index (χ0n) is 11.4. The van der Waals surface area contributed by atoms with Crippen molar-refractivity contribution in [3.05, 3.63) is 29.1 Å². The molecule has 19 heavy (non-hydrogen) atoms. The van der Waals surface area contributed by atoms with E-state index in [4.69, 9.17) is 11.1 Å². The average Bonchev–Trinajstić information content (AvgIpc) is 2.35. The fraction of sp³-hybridized carbons (Fsp3) is 0.385. The monoisotopic (exact) mass is 266 g/mol. The normalized spacial score (nSPS) is 10.1. The highest BCUT2D eigenvalue weighted by Gasteiger charge is 2.18. The number of aryl methyl sites for hydroxylation is 2. The summed E-state index contributed by atoms with van der Waals surface area (Å²) in [6, 6.07) is 2.33. The van der Waals surface area contributed by atoms with Crippen molar-refractivity contribution in [2.45, 2.75) is 26.7 Å². The van der Waals surface area contributed by atoms with E-state index in [9.17, 15) is 9.18 Å². The van der Waals surface area contributed by atoms with Gasteiger partial charge in [0.25, 0.3) is 0 Å². The van der Waals surface area contributed by atoms with Gasteiger partial charge < -0.3 is 5.73 Å². The molecular formula is C13H19FN4O. The maximum atomic E-state index is 13.5. The van der Waals surface area contributed by atoms with Crippen molar-refractivity contribution < 1.29 is 9.18 Å². The summed E-state index contributed by atoms with van der Waals surface area (Å²) >= 11 is 0. The molecule has 0 saturated heterocycles. The molecule has 1 rings (SSSR count). The van der Waals surface area contributed by atoms with E-state index in [-0.39, 0.29) is 5.82 Å². The molecule has 0 aliphatic heterocycles. The largest absolute Gasteiger partial charge is 0.370 e. The first-order valence-corrected chi connectivity index (χ1v) is 6.10. The molecule has 1 aromatic carbocycles. The Balaban J connectivity index is 3.23. The predicted octanol–water partition coefficient (Wildman–Crippen LogP) is 1.99. The van der Waals surface area contributed by atoms with Gasteiger partial charge >= 0.3 is 6.03 Å². The first kappa shape index (κ1) is 14.9. The van der Waals surface area contributed by atoms with E-state index in [1.807, 2.05) is 13.8 Å². The minimum Gasteiger partial charge on any atom is -0.370 e. The molecule has 0 heterocycles. The van der Waals surface area contributed by atoms with E-state index in [1.54, 1.807) is 7.05 Å². The lowest BCUT2D eigenvalue weighted by molar-refractivity contribution is 0.251. The highest BCUT2D eigenvalue weighted by atomic mass is 19.1. The Morgan fingerprint density at radius 1 is 1.37 bits per heavy atom. The van der Waals surface area contributed by atoms with Crippen LogP contribution < -0.4 is 16.0 Å². The smallest absolute Gasteiger partial charge is 0.328 e. The van der Waals surface area contributed by atoms with Gasteiger partial charge in [-0.25, -0.2) is 9.18 Å². The van der Waals surface area contributed by atoms with Gasteiger partial charge in [0.2, 0.25) is 0 Å². The van der Waals surface area contributed by atoms with Crippen LogP contribution in [0.4, 0.5) is 14.9 Å². The Morgan fingerprint density at radius 2 is 1.84 bits per heavy atom. The first-order chi connectivity index (χ1) is 8.90. The summed E-state index contributed by atoms with van der Waals surface area (Å²) in [7, 11) is 1.57. The van der Waals surface area contributed by atoms with Crippen molar-refractivity contribution in [1.29, 1.82) is 5.41 Å². The van der Waals surface area contributed by atoms with E-state index in [1.165, 1.54) is 17.0 Å². The third-order valence-corrected chi connectivity index (χ3v) is 2.88. The van der Waals surface area contributed by atoms with Crippen molar-refractivity contribution in [2.75, 3.05) is 11.9 Å². The number of carbonyl (C=O) groups excluding carboxylic acids is 1. The van der Waals surface area contributed by atoms with E-state index in [0.717, 1.165) is 11.1 Å². The number of hydrogen-bond donors (Lipinski definition) is 3. The van der Waals surface area contributed by atoms with Gasteiger partial charge in [-0.15, -0.1) is 0 Å². The number of hydrogen-bond acceptors (Lipinski definition) is 2. The summed E-state index contributed by atoms with van der Waals surface area (Å²) in [4.78, 5) is 13.2. The molecule has 0 spiro atoms. The summed E-state index contributed by atoms with van der Waals surface area (Å²) in [6.45, 7) is 3.79. The number of halogens is 1. The van der Waals surface area contributed by atoms with Crippen LogP contribution in [0.2, 0.25) is 0 Å². The summed E-state index contributed by atoms with van der Waals surface area (Å²) in [6.07, 6.45) is 1.22. The Labute approximate surface area is 112 Å². The third-order valence-electron chi connectivity index (χ3n) is 2.88. The van der Waals surface area contributed by atoms with Crippen LogP contribution in [0.3, 0.4) is 0 Å². The van der Waals surface area contributed by atoms with Crippen molar-refractivity contribution >= 4 is 17.7 Å². The molecular weight excluding hydrogens is 247 g/mol. The standard InChI is InChI=1S/C13H19FN4O/c1-4-8-6-10(14)7-9(5-2)11(8)18(3)13(19)17-12(15)16/h6-7H,4-5H2,1-3H3,(H4,15,16,17,19). The molecule has 0 aromatic heterocycles. The molecule has 0 atom stereocenters. The van der Waals surface area contributed by atoms with Gasteiger partial charge in [0.15, 0.2) is 5.96 Å². The van der Waals surface area contributed by atoms with Gasteiger partial charge in [-0.1, -0.05) is 13.8 Å². The summed E-state index contributed by atoms with van der Waals surface area (Å²) < 4.78 is 13.5. The number of nitrogens with zero attached hydrogens (tertiary/aromatic N) is 1. The number of urea groups is 1. The molecule has 1 aromatic rings. The lowest BCUT2D eigenvalue weighted by Crippen LogP contribution is -2.44. The van der Waals surface area contributed by atoms with Gasteiger partial charge in [0, 0.05) is 7.05 Å². The van der Waals surface area contributed by atoms with Crippen LogP contribution in [0.5, 0.6) is 0 Å².